The Morgan fingerprint density at radius 3 is 2.71 bits per heavy atom. The minimum atomic E-state index is -0.730. The molecule has 3 atom stereocenters. The van der Waals surface area contributed by atoms with Crippen LogP contribution in [-0.4, -0.2) is 118 Å². The van der Waals surface area contributed by atoms with E-state index in [0.717, 1.165) is 51.5 Å². The van der Waals surface area contributed by atoms with Crippen molar-refractivity contribution in [3.8, 4) is 23.1 Å². The summed E-state index contributed by atoms with van der Waals surface area (Å²) in [5.74, 6) is -0.541. The molecule has 276 valence electrons. The van der Waals surface area contributed by atoms with Gasteiger partial charge in [-0.05, 0) is 70.5 Å². The Balaban J connectivity index is 1.33. The van der Waals surface area contributed by atoms with Gasteiger partial charge >= 0.3 is 6.01 Å². The van der Waals surface area contributed by atoms with Gasteiger partial charge in [0.25, 0.3) is 0 Å². The maximum absolute atomic E-state index is 17.1. The number of aromatic nitrogens is 5. The number of nitrogens with one attached hydrogen (secondary N) is 1. The molecule has 3 fully saturated rings. The van der Waals surface area contributed by atoms with Gasteiger partial charge in [0.15, 0.2) is 11.6 Å². The first kappa shape index (κ1) is 36.0. The van der Waals surface area contributed by atoms with Gasteiger partial charge in [-0.3, -0.25) is 10.00 Å². The van der Waals surface area contributed by atoms with Gasteiger partial charge in [-0.1, -0.05) is 18.0 Å². The van der Waals surface area contributed by atoms with E-state index in [-0.39, 0.29) is 52.9 Å². The highest BCUT2D eigenvalue weighted by atomic mass is 35.5. The SMILES string of the molecule is CCO[C@@H](CO)CN(CO)c1nc(OCC23CCCC2N(C2CC(OC)C2)CCC3)nc2c(F)c(-c3c(C)c(Cl)cc4[nH]ncc34)nc(OC)c12. The number of halogens is 2. The highest BCUT2D eigenvalue weighted by molar-refractivity contribution is 6.33. The number of benzene rings is 1. The Hall–Kier alpha value is -3.40. The highest BCUT2D eigenvalue weighted by Crippen LogP contribution is 2.50. The summed E-state index contributed by atoms with van der Waals surface area (Å²) in [6.45, 7) is 4.63. The molecule has 13 nitrogen and oxygen atoms in total. The van der Waals surface area contributed by atoms with Crippen molar-refractivity contribution in [2.75, 3.05) is 58.8 Å². The molecule has 3 N–H and O–H groups in total. The first-order chi connectivity index (χ1) is 24.7. The molecule has 2 saturated carbocycles. The van der Waals surface area contributed by atoms with Crippen LogP contribution in [0.3, 0.4) is 0 Å². The van der Waals surface area contributed by atoms with Crippen molar-refractivity contribution < 1.29 is 33.6 Å². The summed E-state index contributed by atoms with van der Waals surface area (Å²) in [4.78, 5) is 18.3. The fourth-order valence-corrected chi connectivity index (χ4v) is 8.82. The number of anilines is 1. The van der Waals surface area contributed by atoms with E-state index in [1.165, 1.54) is 12.0 Å². The molecule has 0 bridgehead atoms. The van der Waals surface area contributed by atoms with Gasteiger partial charge in [0.05, 0.1) is 50.8 Å². The highest BCUT2D eigenvalue weighted by Gasteiger charge is 2.51. The summed E-state index contributed by atoms with van der Waals surface area (Å²) in [5.41, 5.74) is 1.48. The van der Waals surface area contributed by atoms with Gasteiger partial charge in [0.1, 0.15) is 23.3 Å². The summed E-state index contributed by atoms with van der Waals surface area (Å²) in [5, 5.41) is 29.0. The molecule has 0 amide bonds. The quantitative estimate of drug-likeness (QED) is 0.150. The number of likely N-dealkylation sites (tertiary alicyclic amines) is 1. The Labute approximate surface area is 301 Å². The molecule has 4 aromatic rings. The predicted molar refractivity (Wildman–Crippen MR) is 191 cm³/mol. The minimum Gasteiger partial charge on any atom is -0.480 e. The van der Waals surface area contributed by atoms with Crippen molar-refractivity contribution in [3.63, 3.8) is 0 Å². The number of piperidine rings is 1. The van der Waals surface area contributed by atoms with Gasteiger partial charge in [-0.2, -0.15) is 15.1 Å². The summed E-state index contributed by atoms with van der Waals surface area (Å²) in [7, 11) is 3.22. The van der Waals surface area contributed by atoms with Crippen LogP contribution in [0.15, 0.2) is 12.3 Å². The average Bonchev–Trinajstić information content (AvgIpc) is 3.77. The summed E-state index contributed by atoms with van der Waals surface area (Å²) >= 11 is 6.61. The molecule has 2 unspecified atom stereocenters. The number of aromatic amines is 1. The zero-order valence-corrected chi connectivity index (χ0v) is 30.4. The van der Waals surface area contributed by atoms with Gasteiger partial charge in [-0.15, -0.1) is 0 Å². The number of pyridine rings is 1. The molecule has 4 heterocycles. The van der Waals surface area contributed by atoms with E-state index in [1.807, 2.05) is 6.92 Å². The number of methoxy groups -OCH3 is 2. The van der Waals surface area contributed by atoms with Crippen LogP contribution < -0.4 is 14.4 Å². The van der Waals surface area contributed by atoms with Crippen LogP contribution in [0.25, 0.3) is 33.1 Å². The molecule has 15 heteroatoms. The van der Waals surface area contributed by atoms with Crippen LogP contribution >= 0.6 is 11.6 Å². The van der Waals surface area contributed by atoms with E-state index in [1.54, 1.807) is 26.3 Å². The maximum Gasteiger partial charge on any atom is 0.319 e. The monoisotopic (exact) mass is 727 g/mol. The van der Waals surface area contributed by atoms with Gasteiger partial charge in [0, 0.05) is 47.2 Å². The van der Waals surface area contributed by atoms with Crippen molar-refractivity contribution >= 4 is 39.2 Å². The average molecular weight is 728 g/mol. The molecule has 2 aliphatic carbocycles. The lowest BCUT2D eigenvalue weighted by Crippen LogP contribution is -2.59. The van der Waals surface area contributed by atoms with E-state index in [9.17, 15) is 10.2 Å². The maximum atomic E-state index is 17.1. The lowest BCUT2D eigenvalue weighted by molar-refractivity contribution is -0.0845. The van der Waals surface area contributed by atoms with E-state index in [2.05, 4.69) is 20.1 Å². The van der Waals surface area contributed by atoms with Crippen molar-refractivity contribution in [2.24, 2.45) is 5.41 Å². The number of rotatable bonds is 14. The number of hydrogen-bond acceptors (Lipinski definition) is 12. The first-order valence-corrected chi connectivity index (χ1v) is 18.2. The predicted octanol–water partition coefficient (Wildman–Crippen LogP) is 5.02. The fourth-order valence-electron chi connectivity index (χ4n) is 8.62. The van der Waals surface area contributed by atoms with Crippen LogP contribution in [0, 0.1) is 18.2 Å². The Morgan fingerprint density at radius 2 is 1.98 bits per heavy atom. The van der Waals surface area contributed by atoms with Gasteiger partial charge in [-0.25, -0.2) is 9.37 Å². The third-order valence-corrected chi connectivity index (χ3v) is 11.7. The van der Waals surface area contributed by atoms with E-state index >= 15 is 4.39 Å². The molecule has 1 saturated heterocycles. The number of hydrogen-bond donors (Lipinski definition) is 3. The molecule has 0 radical (unpaired) electrons. The standard InChI is InChI=1S/C36H47ClFN7O6/c1-5-50-23(17-46)16-44(19-47)33-29-32(30(38)31(40-34(29)49-4)28-20(2)25(37)14-26-24(28)15-39-43-26)41-35(42-33)51-18-36-9-6-8-27(36)45(11-7-10-36)21-12-22(13-21)48-3/h14-15,21-23,27,46-47H,5-13,16-19H2,1-4H3,(H,39,43)/t21?,22?,23-,27?,36?/m1/s1. The van der Waals surface area contributed by atoms with Gasteiger partial charge in [0.2, 0.25) is 5.88 Å². The van der Waals surface area contributed by atoms with Crippen LogP contribution in [0.4, 0.5) is 10.2 Å². The van der Waals surface area contributed by atoms with Crippen LogP contribution in [0.1, 0.15) is 57.4 Å². The topological polar surface area (TPSA) is 151 Å². The molecular formula is C36H47ClFN7O6. The first-order valence-electron chi connectivity index (χ1n) is 17.8. The Bertz CT molecular complexity index is 1880. The summed E-state index contributed by atoms with van der Waals surface area (Å²) in [6, 6.07) is 2.59. The van der Waals surface area contributed by atoms with Crippen molar-refractivity contribution in [1.29, 1.82) is 0 Å². The number of ether oxygens (including phenoxy) is 4. The van der Waals surface area contributed by atoms with Crippen LogP contribution in [0.5, 0.6) is 11.9 Å². The molecule has 3 aromatic heterocycles. The zero-order valence-electron chi connectivity index (χ0n) is 29.6. The van der Waals surface area contributed by atoms with Gasteiger partial charge < -0.3 is 34.1 Å². The molecule has 7 rings (SSSR count). The second-order valence-corrected chi connectivity index (χ2v) is 14.4. The van der Waals surface area contributed by atoms with E-state index in [4.69, 9.17) is 40.5 Å². The lowest BCUT2D eigenvalue weighted by Gasteiger charge is -2.53. The number of nitrogens with zero attached hydrogens (tertiary/aromatic N) is 6. The third-order valence-electron chi connectivity index (χ3n) is 11.3. The Kier molecular flexibility index (Phi) is 10.5. The molecule has 1 aliphatic heterocycles. The van der Waals surface area contributed by atoms with Crippen molar-refractivity contribution in [2.45, 2.75) is 83.1 Å². The molecule has 0 spiro atoms. The molecule has 3 aliphatic rings. The molecule has 1 aromatic carbocycles. The van der Waals surface area contributed by atoms with Crippen molar-refractivity contribution in [3.05, 3.63) is 28.7 Å². The number of aliphatic hydroxyl groups excluding tert-OH is 2. The largest absolute Gasteiger partial charge is 0.480 e. The van der Waals surface area contributed by atoms with Crippen LogP contribution in [-0.2, 0) is 9.47 Å². The number of H-pyrrole nitrogens is 1. The van der Waals surface area contributed by atoms with Crippen molar-refractivity contribution in [1.82, 2.24) is 30.0 Å². The lowest BCUT2D eigenvalue weighted by atomic mass is 9.73. The number of fused-ring (bicyclic) bond motifs is 3. The molecule has 51 heavy (non-hydrogen) atoms. The fraction of sp³-hybridized carbons (Fsp3) is 0.611. The second kappa shape index (κ2) is 14.9. The smallest absolute Gasteiger partial charge is 0.319 e. The molecular weight excluding hydrogens is 681 g/mol. The van der Waals surface area contributed by atoms with E-state index in [0.29, 0.717) is 58.5 Å². The Morgan fingerprint density at radius 1 is 1.18 bits per heavy atom. The van der Waals surface area contributed by atoms with E-state index < -0.39 is 18.7 Å². The normalized spacial score (nSPS) is 24.1. The number of aliphatic hydroxyl groups is 2. The third kappa shape index (κ3) is 6.48. The summed E-state index contributed by atoms with van der Waals surface area (Å²) in [6.07, 6.45) is 8.68. The second-order valence-electron chi connectivity index (χ2n) is 14.0. The summed E-state index contributed by atoms with van der Waals surface area (Å²) < 4.78 is 40.8. The zero-order chi connectivity index (χ0) is 35.9. The van der Waals surface area contributed by atoms with Crippen LogP contribution in [0.2, 0.25) is 5.02 Å². The minimum absolute atomic E-state index is 0.0216.